The second-order valence-corrected chi connectivity index (χ2v) is 6.09. The molecule has 3 aromatic rings. The number of fused-ring (bicyclic) bond motifs is 2. The van der Waals surface area contributed by atoms with E-state index >= 15 is 0 Å². The zero-order valence-electron chi connectivity index (χ0n) is 14.4. The number of aromatic nitrogens is 2. The molecule has 0 spiro atoms. The van der Waals surface area contributed by atoms with Crippen LogP contribution >= 0.6 is 0 Å². The number of rotatable bonds is 4. The summed E-state index contributed by atoms with van der Waals surface area (Å²) in [5, 5.41) is 2.81. The Hall–Kier alpha value is -3.35. The molecule has 1 aliphatic rings. The maximum absolute atomic E-state index is 12.6. The molecule has 0 unspecified atom stereocenters. The fourth-order valence-corrected chi connectivity index (χ4v) is 3.07. The highest BCUT2D eigenvalue weighted by atomic mass is 16.7. The molecular formula is C19H17N3O4. The number of carbonyl (C=O) groups excluding carboxylic acids is 2. The van der Waals surface area contributed by atoms with Gasteiger partial charge in [0.1, 0.15) is 12.4 Å². The molecule has 7 heteroatoms. The topological polar surface area (TPSA) is 82.5 Å². The Morgan fingerprint density at radius 2 is 1.92 bits per heavy atom. The summed E-state index contributed by atoms with van der Waals surface area (Å²) in [6, 6.07) is 10.9. The van der Waals surface area contributed by atoms with E-state index in [1.807, 2.05) is 35.8 Å². The lowest BCUT2D eigenvalue weighted by Crippen LogP contribution is -2.20. The quantitative estimate of drug-likeness (QED) is 0.731. The van der Waals surface area contributed by atoms with E-state index in [1.165, 1.54) is 6.92 Å². The maximum atomic E-state index is 12.6. The molecule has 1 amide bonds. The van der Waals surface area contributed by atoms with Crippen molar-refractivity contribution in [2.75, 3.05) is 12.1 Å². The van der Waals surface area contributed by atoms with E-state index in [4.69, 9.17) is 9.47 Å². The van der Waals surface area contributed by atoms with Gasteiger partial charge in [0.25, 0.3) is 0 Å². The molecule has 2 heterocycles. The zero-order chi connectivity index (χ0) is 18.3. The van der Waals surface area contributed by atoms with Gasteiger partial charge in [-0.1, -0.05) is 12.1 Å². The number of ether oxygens (including phenoxy) is 2. The predicted octanol–water partition coefficient (Wildman–Crippen LogP) is 2.91. The van der Waals surface area contributed by atoms with Gasteiger partial charge >= 0.3 is 0 Å². The van der Waals surface area contributed by atoms with Gasteiger partial charge in [-0.25, -0.2) is 4.98 Å². The van der Waals surface area contributed by atoms with Crippen LogP contribution in [0.4, 0.5) is 5.69 Å². The summed E-state index contributed by atoms with van der Waals surface area (Å²) in [7, 11) is 0. The molecule has 0 saturated carbocycles. The van der Waals surface area contributed by atoms with Gasteiger partial charge in [0.2, 0.25) is 12.7 Å². The summed E-state index contributed by atoms with van der Waals surface area (Å²) in [4.78, 5) is 29.0. The van der Waals surface area contributed by atoms with E-state index in [2.05, 4.69) is 10.3 Å². The Morgan fingerprint density at radius 1 is 1.19 bits per heavy atom. The molecule has 4 rings (SSSR count). The molecule has 132 valence electrons. The predicted molar refractivity (Wildman–Crippen MR) is 95.7 cm³/mol. The van der Waals surface area contributed by atoms with Crippen molar-refractivity contribution in [1.82, 2.24) is 9.55 Å². The first-order valence-electron chi connectivity index (χ1n) is 8.19. The molecule has 0 bridgehead atoms. The molecule has 1 N–H and O–H groups in total. The van der Waals surface area contributed by atoms with Crippen LogP contribution in [0.5, 0.6) is 11.5 Å². The van der Waals surface area contributed by atoms with Crippen LogP contribution in [0.2, 0.25) is 0 Å². The molecule has 0 atom stereocenters. The van der Waals surface area contributed by atoms with E-state index in [-0.39, 0.29) is 25.0 Å². The van der Waals surface area contributed by atoms with Crippen LogP contribution < -0.4 is 14.8 Å². The minimum absolute atomic E-state index is 0.0954. The summed E-state index contributed by atoms with van der Waals surface area (Å²) >= 11 is 0. The summed E-state index contributed by atoms with van der Waals surface area (Å²) < 4.78 is 12.5. The minimum atomic E-state index is -0.252. The van der Waals surface area contributed by atoms with Gasteiger partial charge in [-0.15, -0.1) is 0 Å². The number of carbonyl (C=O) groups is 2. The highest BCUT2D eigenvalue weighted by Gasteiger charge is 2.21. The lowest BCUT2D eigenvalue weighted by molar-refractivity contribution is -0.116. The largest absolute Gasteiger partial charge is 0.454 e. The number of aryl methyl sites for hydroxylation is 1. The highest BCUT2D eigenvalue weighted by Crippen LogP contribution is 2.37. The van der Waals surface area contributed by atoms with Crippen molar-refractivity contribution < 1.29 is 19.1 Å². The number of amides is 1. The number of Topliss-reactive ketones (excluding diaryl/α,β-unsaturated/α-hetero) is 1. The number of ketones is 1. The average molecular weight is 351 g/mol. The van der Waals surface area contributed by atoms with Crippen LogP contribution in [-0.4, -0.2) is 28.0 Å². The summed E-state index contributed by atoms with van der Waals surface area (Å²) in [6.07, 6.45) is 0. The third-order valence-electron chi connectivity index (χ3n) is 4.31. The van der Waals surface area contributed by atoms with Crippen molar-refractivity contribution in [3.63, 3.8) is 0 Å². The van der Waals surface area contributed by atoms with Crippen molar-refractivity contribution in [2.24, 2.45) is 0 Å². The fourth-order valence-electron chi connectivity index (χ4n) is 3.07. The summed E-state index contributed by atoms with van der Waals surface area (Å²) in [6.45, 7) is 3.50. The van der Waals surface area contributed by atoms with Crippen molar-refractivity contribution in [3.05, 3.63) is 47.8 Å². The highest BCUT2D eigenvalue weighted by molar-refractivity contribution is 6.04. The SMILES string of the molecule is CC(=O)c1cc2c(cc1NC(=O)Cn1c(C)nc3ccccc31)OCO2. The molecular weight excluding hydrogens is 334 g/mol. The number of hydrogen-bond acceptors (Lipinski definition) is 5. The first-order chi connectivity index (χ1) is 12.5. The van der Waals surface area contributed by atoms with Crippen molar-refractivity contribution in [3.8, 4) is 11.5 Å². The lowest BCUT2D eigenvalue weighted by atomic mass is 10.1. The third kappa shape index (κ3) is 2.77. The number of anilines is 1. The monoisotopic (exact) mass is 351 g/mol. The zero-order valence-corrected chi connectivity index (χ0v) is 14.4. The van der Waals surface area contributed by atoms with Gasteiger partial charge in [-0.3, -0.25) is 9.59 Å². The number of imidazole rings is 1. The van der Waals surface area contributed by atoms with E-state index < -0.39 is 0 Å². The van der Waals surface area contributed by atoms with Gasteiger partial charge in [-0.2, -0.15) is 0 Å². The molecule has 26 heavy (non-hydrogen) atoms. The van der Waals surface area contributed by atoms with Crippen molar-refractivity contribution in [1.29, 1.82) is 0 Å². The van der Waals surface area contributed by atoms with Crippen LogP contribution in [0.15, 0.2) is 36.4 Å². The smallest absolute Gasteiger partial charge is 0.244 e. The molecule has 2 aromatic carbocycles. The third-order valence-corrected chi connectivity index (χ3v) is 4.31. The first kappa shape index (κ1) is 16.1. The van der Waals surface area contributed by atoms with Crippen molar-refractivity contribution >= 4 is 28.4 Å². The minimum Gasteiger partial charge on any atom is -0.454 e. The Labute approximate surface area is 149 Å². The van der Waals surface area contributed by atoms with Crippen LogP contribution in [0.25, 0.3) is 11.0 Å². The first-order valence-corrected chi connectivity index (χ1v) is 8.19. The number of para-hydroxylation sites is 2. The molecule has 0 fully saturated rings. The molecule has 1 aliphatic heterocycles. The van der Waals surface area contributed by atoms with Gasteiger partial charge in [0, 0.05) is 11.6 Å². The molecule has 1 aromatic heterocycles. The average Bonchev–Trinajstić information content (AvgIpc) is 3.18. The fraction of sp³-hybridized carbons (Fsp3) is 0.211. The van der Waals surface area contributed by atoms with E-state index in [0.717, 1.165) is 16.9 Å². The molecule has 7 nitrogen and oxygen atoms in total. The normalized spacial score (nSPS) is 12.4. The Balaban J connectivity index is 1.62. The number of benzene rings is 2. The van der Waals surface area contributed by atoms with E-state index in [9.17, 15) is 9.59 Å². The van der Waals surface area contributed by atoms with Crippen LogP contribution in [0.1, 0.15) is 23.1 Å². The second kappa shape index (κ2) is 6.18. The van der Waals surface area contributed by atoms with Crippen LogP contribution in [-0.2, 0) is 11.3 Å². The van der Waals surface area contributed by atoms with Gasteiger partial charge in [0.05, 0.1) is 16.7 Å². The number of nitrogens with one attached hydrogen (secondary N) is 1. The second-order valence-electron chi connectivity index (χ2n) is 6.09. The van der Waals surface area contributed by atoms with E-state index in [0.29, 0.717) is 22.7 Å². The molecule has 0 aliphatic carbocycles. The van der Waals surface area contributed by atoms with Gasteiger partial charge in [0.15, 0.2) is 17.3 Å². The summed E-state index contributed by atoms with van der Waals surface area (Å²) in [5.74, 6) is 1.35. The number of nitrogens with zero attached hydrogens (tertiary/aromatic N) is 2. The number of hydrogen-bond donors (Lipinski definition) is 1. The standard InChI is InChI=1S/C19H17N3O4/c1-11(23)13-7-17-18(26-10-25-17)8-15(13)21-19(24)9-22-12(2)20-14-5-3-4-6-16(14)22/h3-8H,9-10H2,1-2H3,(H,21,24). The van der Waals surface area contributed by atoms with Gasteiger partial charge < -0.3 is 19.4 Å². The van der Waals surface area contributed by atoms with Gasteiger partial charge in [-0.05, 0) is 32.0 Å². The summed E-state index contributed by atoms with van der Waals surface area (Å²) in [5.41, 5.74) is 2.52. The molecule has 0 saturated heterocycles. The van der Waals surface area contributed by atoms with E-state index in [1.54, 1.807) is 12.1 Å². The lowest BCUT2D eigenvalue weighted by Gasteiger charge is -2.12. The van der Waals surface area contributed by atoms with Crippen LogP contribution in [0.3, 0.4) is 0 Å². The molecule has 0 radical (unpaired) electrons. The maximum Gasteiger partial charge on any atom is 0.244 e. The van der Waals surface area contributed by atoms with Crippen molar-refractivity contribution in [2.45, 2.75) is 20.4 Å². The Morgan fingerprint density at radius 3 is 2.69 bits per heavy atom. The van der Waals surface area contributed by atoms with Crippen LogP contribution in [0, 0.1) is 6.92 Å². The Kier molecular flexibility index (Phi) is 3.84. The Bertz CT molecular complexity index is 1040.